The fraction of sp³-hybridized carbons (Fsp3) is 0.462. The summed E-state index contributed by atoms with van der Waals surface area (Å²) in [6.45, 7) is 7.72. The van der Waals surface area contributed by atoms with E-state index in [9.17, 15) is 4.91 Å². The first-order valence-electron chi connectivity index (χ1n) is 5.65. The van der Waals surface area contributed by atoms with E-state index in [1.54, 1.807) is 24.3 Å². The minimum atomic E-state index is -0.554. The van der Waals surface area contributed by atoms with Crippen LogP contribution in [0.4, 0.5) is 0 Å². The number of nitrogens with zero attached hydrogens (tertiary/aromatic N) is 2. The van der Waals surface area contributed by atoms with Crippen molar-refractivity contribution in [1.29, 1.82) is 5.41 Å². The topological polar surface area (TPSA) is 58.0 Å². The first-order chi connectivity index (χ1) is 7.75. The second kappa shape index (κ2) is 3.39. The minimum Gasteiger partial charge on any atom is -0.301 e. The van der Waals surface area contributed by atoms with Crippen LogP contribution < -0.4 is 5.32 Å². The van der Waals surface area contributed by atoms with Crippen molar-refractivity contribution < 1.29 is 4.76 Å². The number of nitrogens with one attached hydrogen (secondary N) is 1. The molecule has 1 radical (unpaired) electrons. The van der Waals surface area contributed by atoms with Crippen LogP contribution in [0.3, 0.4) is 0 Å². The van der Waals surface area contributed by atoms with Gasteiger partial charge in [-0.3, -0.25) is 0 Å². The fourth-order valence-electron chi connectivity index (χ4n) is 1.76. The Balaban J connectivity index is 2.48. The van der Waals surface area contributed by atoms with Crippen molar-refractivity contribution in [2.75, 3.05) is 0 Å². The van der Waals surface area contributed by atoms with Gasteiger partial charge < -0.3 is 5.41 Å². The van der Waals surface area contributed by atoms with E-state index in [1.165, 1.54) is 0 Å². The molecule has 0 bridgehead atoms. The normalized spacial score (nSPS) is 25.4. The summed E-state index contributed by atoms with van der Waals surface area (Å²) in [6, 6.07) is 0. The standard InChI is InChI=1S/C13H17N3O/c1-12(2)13(3,4)16(17)11(15-12)9-5-7-10(14)8-6-9/h5-8,14H,1-4H3/q+1. The highest BCUT2D eigenvalue weighted by Crippen LogP contribution is 2.37. The molecule has 0 spiro atoms. The molecule has 1 saturated heterocycles. The zero-order valence-corrected chi connectivity index (χ0v) is 10.6. The van der Waals surface area contributed by atoms with Crippen LogP contribution >= 0.6 is 0 Å². The molecule has 0 aromatic carbocycles. The fourth-order valence-corrected chi connectivity index (χ4v) is 1.76. The number of rotatable bonds is 0. The molecule has 0 atom stereocenters. The van der Waals surface area contributed by atoms with Crippen LogP contribution in [0.15, 0.2) is 35.7 Å². The van der Waals surface area contributed by atoms with Gasteiger partial charge in [0.1, 0.15) is 0 Å². The van der Waals surface area contributed by atoms with Crippen molar-refractivity contribution in [2.45, 2.75) is 38.8 Å². The highest BCUT2D eigenvalue weighted by atomic mass is 16.3. The lowest BCUT2D eigenvalue weighted by molar-refractivity contribution is -0.565. The summed E-state index contributed by atoms with van der Waals surface area (Å²) < 4.78 is 0.978. The Labute approximate surface area is 101 Å². The Morgan fingerprint density at radius 1 is 1.12 bits per heavy atom. The molecule has 1 aliphatic carbocycles. The molecule has 0 unspecified atom stereocenters. The van der Waals surface area contributed by atoms with Gasteiger partial charge in [-0.2, -0.15) is 0 Å². The van der Waals surface area contributed by atoms with Crippen molar-refractivity contribution in [1.82, 2.24) is 5.32 Å². The SMILES string of the molecule is CC1(C)[N]C(=C2C=CC(=N)C=C2)[N+](=O)C1(C)C. The molecule has 0 saturated carbocycles. The molecule has 2 rings (SSSR count). The lowest BCUT2D eigenvalue weighted by Gasteiger charge is -2.21. The van der Waals surface area contributed by atoms with Crippen molar-refractivity contribution in [3.63, 3.8) is 0 Å². The molecule has 4 heteroatoms. The van der Waals surface area contributed by atoms with E-state index in [-0.39, 0.29) is 0 Å². The molecule has 0 amide bonds. The average Bonchev–Trinajstić information content (AvgIpc) is 2.40. The Morgan fingerprint density at radius 3 is 2.06 bits per heavy atom. The van der Waals surface area contributed by atoms with Gasteiger partial charge in [-0.15, -0.1) is 0 Å². The molecule has 1 aliphatic heterocycles. The number of hydrogen-bond acceptors (Lipinski definition) is 2. The Kier molecular flexibility index (Phi) is 2.35. The lowest BCUT2D eigenvalue weighted by Crippen LogP contribution is -2.48. The van der Waals surface area contributed by atoms with Crippen molar-refractivity contribution >= 4 is 5.71 Å². The van der Waals surface area contributed by atoms with E-state index in [2.05, 4.69) is 5.32 Å². The van der Waals surface area contributed by atoms with Crippen LogP contribution in [0.1, 0.15) is 27.7 Å². The summed E-state index contributed by atoms with van der Waals surface area (Å²) in [7, 11) is 0. The largest absolute Gasteiger partial charge is 0.364 e. The molecule has 1 N–H and O–H groups in total. The van der Waals surface area contributed by atoms with Crippen molar-refractivity contribution in [3.05, 3.63) is 40.6 Å². The van der Waals surface area contributed by atoms with E-state index in [1.807, 2.05) is 27.7 Å². The van der Waals surface area contributed by atoms with Crippen molar-refractivity contribution in [3.8, 4) is 0 Å². The van der Waals surface area contributed by atoms with Crippen LogP contribution in [0.25, 0.3) is 0 Å². The monoisotopic (exact) mass is 231 g/mol. The third kappa shape index (κ3) is 1.64. The maximum absolute atomic E-state index is 12.3. The Hall–Kier alpha value is -1.71. The lowest BCUT2D eigenvalue weighted by atomic mass is 9.85. The van der Waals surface area contributed by atoms with Crippen LogP contribution in [0, 0.1) is 10.3 Å². The molecule has 0 aromatic heterocycles. The van der Waals surface area contributed by atoms with Crippen LogP contribution in [0.5, 0.6) is 0 Å². The molecular formula is C13H17N3O+. The van der Waals surface area contributed by atoms with Gasteiger partial charge in [0.25, 0.3) is 0 Å². The van der Waals surface area contributed by atoms with Crippen LogP contribution in [-0.4, -0.2) is 21.5 Å². The van der Waals surface area contributed by atoms with Gasteiger partial charge in [-0.1, -0.05) is 10.2 Å². The van der Waals surface area contributed by atoms with E-state index in [0.29, 0.717) is 11.5 Å². The third-order valence-corrected chi connectivity index (χ3v) is 3.73. The zero-order chi connectivity index (χ0) is 12.8. The number of hydrogen-bond donors (Lipinski definition) is 1. The summed E-state index contributed by atoms with van der Waals surface area (Å²) in [4.78, 5) is 12.3. The highest BCUT2D eigenvalue weighted by molar-refractivity contribution is 6.03. The zero-order valence-electron chi connectivity index (χ0n) is 10.6. The minimum absolute atomic E-state index is 0.413. The quantitative estimate of drug-likeness (QED) is 0.639. The maximum Gasteiger partial charge on any atom is 0.364 e. The summed E-state index contributed by atoms with van der Waals surface area (Å²) in [6.07, 6.45) is 6.88. The molecule has 0 aromatic rings. The van der Waals surface area contributed by atoms with E-state index in [0.717, 1.165) is 10.3 Å². The van der Waals surface area contributed by atoms with Gasteiger partial charge >= 0.3 is 5.82 Å². The smallest absolute Gasteiger partial charge is 0.301 e. The van der Waals surface area contributed by atoms with Gasteiger partial charge in [-0.25, -0.2) is 0 Å². The van der Waals surface area contributed by atoms with Crippen molar-refractivity contribution in [2.24, 2.45) is 0 Å². The van der Waals surface area contributed by atoms with Crippen LogP contribution in [-0.2, 0) is 0 Å². The van der Waals surface area contributed by atoms with E-state index >= 15 is 0 Å². The van der Waals surface area contributed by atoms with E-state index in [4.69, 9.17) is 5.41 Å². The molecule has 2 aliphatic rings. The summed E-state index contributed by atoms with van der Waals surface area (Å²) in [5.41, 5.74) is 0.240. The predicted octanol–water partition coefficient (Wildman–Crippen LogP) is 2.30. The molecule has 17 heavy (non-hydrogen) atoms. The maximum atomic E-state index is 12.3. The van der Waals surface area contributed by atoms with E-state index < -0.39 is 11.1 Å². The van der Waals surface area contributed by atoms with Gasteiger partial charge in [0.05, 0.1) is 11.3 Å². The first kappa shape index (κ1) is 11.8. The van der Waals surface area contributed by atoms with Gasteiger partial charge in [0, 0.05) is 0 Å². The summed E-state index contributed by atoms with van der Waals surface area (Å²) in [5, 5.41) is 12.0. The molecule has 89 valence electrons. The number of allylic oxidation sites excluding steroid dienone is 5. The second-order valence-corrected chi connectivity index (χ2v) is 5.43. The molecule has 1 heterocycles. The van der Waals surface area contributed by atoms with Gasteiger partial charge in [0.15, 0.2) is 11.1 Å². The second-order valence-electron chi connectivity index (χ2n) is 5.43. The summed E-state index contributed by atoms with van der Waals surface area (Å²) >= 11 is 0. The van der Waals surface area contributed by atoms with Crippen LogP contribution in [0.2, 0.25) is 0 Å². The summed E-state index contributed by atoms with van der Waals surface area (Å²) in [5.74, 6) is 0.458. The molecule has 4 nitrogen and oxygen atoms in total. The third-order valence-electron chi connectivity index (χ3n) is 3.73. The number of nitroso groups, excluding NO2 is 1. The highest BCUT2D eigenvalue weighted by Gasteiger charge is 2.62. The Bertz CT molecular complexity index is 475. The molecule has 1 fully saturated rings. The average molecular weight is 231 g/mol. The molecular weight excluding hydrogens is 214 g/mol. The Morgan fingerprint density at radius 2 is 1.65 bits per heavy atom. The van der Waals surface area contributed by atoms with Gasteiger partial charge in [0.2, 0.25) is 0 Å². The predicted molar refractivity (Wildman–Crippen MR) is 67.0 cm³/mol. The first-order valence-corrected chi connectivity index (χ1v) is 5.65. The van der Waals surface area contributed by atoms with Gasteiger partial charge in [-0.05, 0) is 56.8 Å².